The van der Waals surface area contributed by atoms with E-state index in [2.05, 4.69) is 56.3 Å². The Kier molecular flexibility index (Phi) is 3.91. The lowest BCUT2D eigenvalue weighted by Crippen LogP contribution is -1.69. The van der Waals surface area contributed by atoms with Crippen molar-refractivity contribution in [3.63, 3.8) is 0 Å². The van der Waals surface area contributed by atoms with E-state index in [4.69, 9.17) is 8.83 Å². The van der Waals surface area contributed by atoms with Gasteiger partial charge in [0, 0.05) is 21.5 Å². The summed E-state index contributed by atoms with van der Waals surface area (Å²) >= 11 is 0. The van der Waals surface area contributed by atoms with Gasteiger partial charge in [0.05, 0.1) is 0 Å². The van der Waals surface area contributed by atoms with E-state index in [1.807, 2.05) is 42.5 Å². The standard InChI is InChI=1S/2C13H10O/c1-9-6-7-13-11(8-9)10-4-2-3-5-12(10)14-13;1-9-6-7-11-10-4-2-3-5-12(10)14-13(11)8-9/h2*2-8H,1H3. The zero-order valence-electron chi connectivity index (χ0n) is 15.9. The zero-order valence-corrected chi connectivity index (χ0v) is 15.9. The number of benzene rings is 4. The second kappa shape index (κ2) is 6.58. The number of furan rings is 2. The summed E-state index contributed by atoms with van der Waals surface area (Å²) < 4.78 is 11.4. The highest BCUT2D eigenvalue weighted by Gasteiger charge is 2.05. The predicted octanol–water partition coefficient (Wildman–Crippen LogP) is 7.79. The quantitative estimate of drug-likeness (QED) is 0.275. The van der Waals surface area contributed by atoms with Crippen LogP contribution >= 0.6 is 0 Å². The van der Waals surface area contributed by atoms with Crippen molar-refractivity contribution in [1.82, 2.24) is 0 Å². The van der Waals surface area contributed by atoms with Crippen molar-refractivity contribution in [2.45, 2.75) is 13.8 Å². The molecule has 0 unspecified atom stereocenters. The average Bonchev–Trinajstić information content (AvgIpc) is 3.25. The minimum Gasteiger partial charge on any atom is -0.456 e. The molecule has 0 aliphatic heterocycles. The lowest BCUT2D eigenvalue weighted by molar-refractivity contribution is 0.668. The molecule has 4 aromatic carbocycles. The highest BCUT2D eigenvalue weighted by molar-refractivity contribution is 6.05. The molecule has 0 saturated carbocycles. The lowest BCUT2D eigenvalue weighted by atomic mass is 10.1. The Bertz CT molecular complexity index is 1430. The van der Waals surface area contributed by atoms with Crippen LogP contribution in [0.25, 0.3) is 43.9 Å². The van der Waals surface area contributed by atoms with E-state index in [-0.39, 0.29) is 0 Å². The average molecular weight is 364 g/mol. The summed E-state index contributed by atoms with van der Waals surface area (Å²) in [6, 6.07) is 28.9. The lowest BCUT2D eigenvalue weighted by Gasteiger charge is -1.90. The third-order valence-electron chi connectivity index (χ3n) is 5.07. The normalized spacial score (nSPS) is 11.2. The molecule has 136 valence electrons. The van der Waals surface area contributed by atoms with Crippen LogP contribution in [0.15, 0.2) is 93.8 Å². The van der Waals surface area contributed by atoms with Crippen LogP contribution in [0.2, 0.25) is 0 Å². The van der Waals surface area contributed by atoms with Crippen LogP contribution in [0.3, 0.4) is 0 Å². The van der Waals surface area contributed by atoms with Crippen LogP contribution in [0.4, 0.5) is 0 Å². The van der Waals surface area contributed by atoms with Crippen LogP contribution in [-0.2, 0) is 0 Å². The number of hydrogen-bond acceptors (Lipinski definition) is 2. The fourth-order valence-electron chi connectivity index (χ4n) is 3.67. The van der Waals surface area contributed by atoms with Crippen LogP contribution in [0.1, 0.15) is 11.1 Å². The molecule has 0 bridgehead atoms. The molecule has 2 heteroatoms. The molecule has 0 fully saturated rings. The maximum atomic E-state index is 5.73. The minimum absolute atomic E-state index is 0.966. The molecule has 0 aliphatic rings. The molecular weight excluding hydrogens is 344 g/mol. The molecule has 0 aliphatic carbocycles. The van der Waals surface area contributed by atoms with Gasteiger partial charge in [0.15, 0.2) is 0 Å². The van der Waals surface area contributed by atoms with Gasteiger partial charge in [-0.3, -0.25) is 0 Å². The molecular formula is C26H20O2. The van der Waals surface area contributed by atoms with Gasteiger partial charge in [0.1, 0.15) is 22.3 Å². The summed E-state index contributed by atoms with van der Waals surface area (Å²) in [5.41, 5.74) is 6.38. The van der Waals surface area contributed by atoms with E-state index in [1.54, 1.807) is 0 Å². The number of rotatable bonds is 0. The van der Waals surface area contributed by atoms with Crippen molar-refractivity contribution < 1.29 is 8.83 Å². The molecule has 0 N–H and O–H groups in total. The van der Waals surface area contributed by atoms with Gasteiger partial charge in [-0.2, -0.15) is 0 Å². The summed E-state index contributed by atoms with van der Waals surface area (Å²) in [5.74, 6) is 0. The molecule has 6 aromatic rings. The smallest absolute Gasteiger partial charge is 0.135 e. The van der Waals surface area contributed by atoms with E-state index in [1.165, 1.54) is 32.7 Å². The molecule has 2 heterocycles. The van der Waals surface area contributed by atoms with Crippen LogP contribution < -0.4 is 0 Å². The number of aryl methyl sites for hydroxylation is 2. The number of fused-ring (bicyclic) bond motifs is 6. The predicted molar refractivity (Wildman–Crippen MR) is 117 cm³/mol. The topological polar surface area (TPSA) is 26.3 Å². The molecule has 0 radical (unpaired) electrons. The third-order valence-corrected chi connectivity index (χ3v) is 5.07. The first-order valence-electron chi connectivity index (χ1n) is 9.45. The fourth-order valence-corrected chi connectivity index (χ4v) is 3.67. The minimum atomic E-state index is 0.966. The van der Waals surface area contributed by atoms with Crippen molar-refractivity contribution >= 4 is 43.9 Å². The molecule has 0 saturated heterocycles. The summed E-state index contributed by atoms with van der Waals surface area (Å²) in [6.07, 6.45) is 0. The van der Waals surface area contributed by atoms with Crippen LogP contribution in [0.5, 0.6) is 0 Å². The van der Waals surface area contributed by atoms with Gasteiger partial charge < -0.3 is 8.83 Å². The SMILES string of the molecule is Cc1ccc2c(c1)oc1ccccc12.Cc1ccc2oc3ccccc3c2c1. The van der Waals surface area contributed by atoms with E-state index in [0.717, 1.165) is 22.3 Å². The van der Waals surface area contributed by atoms with E-state index >= 15 is 0 Å². The Balaban J connectivity index is 0.000000122. The maximum absolute atomic E-state index is 5.73. The van der Waals surface area contributed by atoms with Gasteiger partial charge in [-0.1, -0.05) is 60.2 Å². The van der Waals surface area contributed by atoms with Crippen LogP contribution in [0, 0.1) is 13.8 Å². The molecule has 0 atom stereocenters. The van der Waals surface area contributed by atoms with Crippen molar-refractivity contribution in [2.24, 2.45) is 0 Å². The van der Waals surface area contributed by atoms with Gasteiger partial charge in [0.25, 0.3) is 0 Å². The molecule has 2 nitrogen and oxygen atoms in total. The van der Waals surface area contributed by atoms with Crippen LogP contribution in [-0.4, -0.2) is 0 Å². The highest BCUT2D eigenvalue weighted by Crippen LogP contribution is 2.29. The molecule has 2 aromatic heterocycles. The summed E-state index contributed by atoms with van der Waals surface area (Å²) in [6.45, 7) is 4.17. The van der Waals surface area contributed by atoms with Crippen molar-refractivity contribution in [1.29, 1.82) is 0 Å². The second-order valence-corrected chi connectivity index (χ2v) is 7.20. The third kappa shape index (κ3) is 2.84. The van der Waals surface area contributed by atoms with Crippen molar-refractivity contribution in [2.75, 3.05) is 0 Å². The molecule has 28 heavy (non-hydrogen) atoms. The first kappa shape index (κ1) is 16.6. The number of para-hydroxylation sites is 2. The van der Waals surface area contributed by atoms with E-state index in [0.29, 0.717) is 0 Å². The number of hydrogen-bond donors (Lipinski definition) is 0. The Morgan fingerprint density at radius 3 is 1.68 bits per heavy atom. The van der Waals surface area contributed by atoms with Crippen molar-refractivity contribution in [3.8, 4) is 0 Å². The zero-order chi connectivity index (χ0) is 19.1. The summed E-state index contributed by atoms with van der Waals surface area (Å²) in [4.78, 5) is 0. The van der Waals surface area contributed by atoms with Gasteiger partial charge in [-0.15, -0.1) is 0 Å². The van der Waals surface area contributed by atoms with E-state index in [9.17, 15) is 0 Å². The first-order chi connectivity index (χ1) is 13.7. The summed E-state index contributed by atoms with van der Waals surface area (Å²) in [5, 5.41) is 4.81. The second-order valence-electron chi connectivity index (χ2n) is 7.20. The summed E-state index contributed by atoms with van der Waals surface area (Å²) in [7, 11) is 0. The molecule has 6 rings (SSSR count). The maximum Gasteiger partial charge on any atom is 0.135 e. The fraction of sp³-hybridized carbons (Fsp3) is 0.0769. The molecule has 0 amide bonds. The molecule has 0 spiro atoms. The van der Waals surface area contributed by atoms with E-state index < -0.39 is 0 Å². The Hall–Kier alpha value is -3.52. The Morgan fingerprint density at radius 2 is 0.929 bits per heavy atom. The Morgan fingerprint density at radius 1 is 0.429 bits per heavy atom. The largest absolute Gasteiger partial charge is 0.456 e. The Labute approximate surface area is 163 Å². The monoisotopic (exact) mass is 364 g/mol. The van der Waals surface area contributed by atoms with Gasteiger partial charge in [-0.25, -0.2) is 0 Å². The van der Waals surface area contributed by atoms with Crippen molar-refractivity contribution in [3.05, 3.63) is 96.1 Å². The highest BCUT2D eigenvalue weighted by atomic mass is 16.3. The van der Waals surface area contributed by atoms with Gasteiger partial charge in [-0.05, 0) is 49.7 Å². The van der Waals surface area contributed by atoms with Gasteiger partial charge in [0.2, 0.25) is 0 Å². The van der Waals surface area contributed by atoms with Gasteiger partial charge >= 0.3 is 0 Å². The first-order valence-corrected chi connectivity index (χ1v) is 9.45.